The van der Waals surface area contributed by atoms with Crippen LogP contribution in [0.4, 0.5) is 0 Å². The smallest absolute Gasteiger partial charge is 0.307 e. The largest absolute Gasteiger partial charge is 0.461 e. The predicted octanol–water partition coefficient (Wildman–Crippen LogP) is 3.38. The van der Waals surface area contributed by atoms with Gasteiger partial charge in [0, 0.05) is 17.1 Å². The van der Waals surface area contributed by atoms with Crippen molar-refractivity contribution in [2.75, 3.05) is 6.54 Å². The van der Waals surface area contributed by atoms with Gasteiger partial charge in [0.15, 0.2) is 0 Å². The maximum atomic E-state index is 12.3. The van der Waals surface area contributed by atoms with Crippen LogP contribution in [0.15, 0.2) is 42.5 Å². The zero-order valence-corrected chi connectivity index (χ0v) is 14.4. The lowest BCUT2D eigenvalue weighted by atomic mass is 10.1. The Bertz CT molecular complexity index is 862. The summed E-state index contributed by atoms with van der Waals surface area (Å²) in [4.78, 5) is 37.6. The Morgan fingerprint density at radius 3 is 2.56 bits per heavy atom. The topological polar surface area (TPSA) is 63.7 Å². The quantitative estimate of drug-likeness (QED) is 0.608. The summed E-state index contributed by atoms with van der Waals surface area (Å²) in [5.74, 6) is -1.24. The number of imide groups is 1. The number of carbonyl (C=O) groups excluding carboxylic acids is 3. The minimum atomic E-state index is -0.493. The number of benzene rings is 2. The van der Waals surface area contributed by atoms with Gasteiger partial charge in [-0.1, -0.05) is 41.4 Å². The van der Waals surface area contributed by atoms with E-state index < -0.39 is 5.97 Å². The normalized spacial score (nSPS) is 13.1. The molecule has 3 rings (SSSR count). The Hall–Kier alpha value is -2.66. The molecule has 0 atom stereocenters. The van der Waals surface area contributed by atoms with Gasteiger partial charge in [0.2, 0.25) is 0 Å². The number of ether oxygens (including phenoxy) is 1. The van der Waals surface area contributed by atoms with Gasteiger partial charge in [-0.05, 0) is 25.1 Å². The van der Waals surface area contributed by atoms with Crippen LogP contribution < -0.4 is 0 Å². The highest BCUT2D eigenvalue weighted by Crippen LogP contribution is 2.24. The number of carbonyl (C=O) groups is 3. The van der Waals surface area contributed by atoms with Crippen molar-refractivity contribution in [1.29, 1.82) is 0 Å². The van der Waals surface area contributed by atoms with Crippen molar-refractivity contribution in [3.63, 3.8) is 0 Å². The van der Waals surface area contributed by atoms with Crippen molar-refractivity contribution >= 4 is 29.4 Å². The lowest BCUT2D eigenvalue weighted by Crippen LogP contribution is -2.32. The zero-order valence-electron chi connectivity index (χ0n) is 13.6. The first-order chi connectivity index (χ1) is 12.0. The molecule has 6 heteroatoms. The molecular weight excluding hydrogens is 342 g/mol. The number of halogens is 1. The molecule has 25 heavy (non-hydrogen) atoms. The third-order valence-electron chi connectivity index (χ3n) is 4.01. The Balaban J connectivity index is 1.57. The number of amides is 2. The molecule has 0 aliphatic carbocycles. The average Bonchev–Trinajstić information content (AvgIpc) is 2.83. The average molecular weight is 358 g/mol. The van der Waals surface area contributed by atoms with Gasteiger partial charge in [-0.15, -0.1) is 0 Å². The molecular formula is C19H16ClNO4. The number of hydrogen-bond donors (Lipinski definition) is 0. The van der Waals surface area contributed by atoms with E-state index in [9.17, 15) is 14.4 Å². The number of aryl methyl sites for hydroxylation is 1. The second-order valence-electron chi connectivity index (χ2n) is 5.81. The molecule has 0 radical (unpaired) electrons. The van der Waals surface area contributed by atoms with Crippen molar-refractivity contribution < 1.29 is 19.1 Å². The van der Waals surface area contributed by atoms with Crippen molar-refractivity contribution in [3.05, 3.63) is 69.7 Å². The van der Waals surface area contributed by atoms with Gasteiger partial charge in [-0.3, -0.25) is 19.3 Å². The predicted molar refractivity (Wildman–Crippen MR) is 92.4 cm³/mol. The van der Waals surface area contributed by atoms with E-state index in [0.717, 1.165) is 10.5 Å². The molecule has 2 aromatic carbocycles. The summed E-state index contributed by atoms with van der Waals surface area (Å²) in [6.07, 6.45) is -0.0606. The molecule has 1 aliphatic heterocycles. The molecule has 0 unspecified atom stereocenters. The maximum Gasteiger partial charge on any atom is 0.307 e. The van der Waals surface area contributed by atoms with Gasteiger partial charge in [0.1, 0.15) is 6.61 Å². The van der Waals surface area contributed by atoms with Gasteiger partial charge < -0.3 is 4.74 Å². The summed E-state index contributed by atoms with van der Waals surface area (Å²) in [6.45, 7) is 1.90. The van der Waals surface area contributed by atoms with Crippen LogP contribution in [0.3, 0.4) is 0 Å². The van der Waals surface area contributed by atoms with Crippen LogP contribution in [-0.4, -0.2) is 29.2 Å². The molecule has 0 saturated heterocycles. The van der Waals surface area contributed by atoms with Crippen LogP contribution in [0.5, 0.6) is 0 Å². The molecule has 1 heterocycles. The van der Waals surface area contributed by atoms with Crippen molar-refractivity contribution in [3.8, 4) is 0 Å². The maximum absolute atomic E-state index is 12.3. The first-order valence-electron chi connectivity index (χ1n) is 7.83. The van der Waals surface area contributed by atoms with E-state index in [1.54, 1.807) is 42.5 Å². The Morgan fingerprint density at radius 1 is 1.08 bits per heavy atom. The van der Waals surface area contributed by atoms with E-state index in [1.807, 2.05) is 6.92 Å². The first kappa shape index (κ1) is 17.2. The van der Waals surface area contributed by atoms with Crippen LogP contribution in [-0.2, 0) is 16.1 Å². The molecule has 0 aromatic heterocycles. The summed E-state index contributed by atoms with van der Waals surface area (Å²) in [7, 11) is 0. The molecule has 1 aliphatic rings. The molecule has 0 bridgehead atoms. The standard InChI is InChI=1S/C19H16ClNO4/c1-12-6-7-14-15(10-12)19(24)21(18(14)23)9-8-17(22)25-11-13-4-2-3-5-16(13)20/h2-7,10H,8-9,11H2,1H3. The molecule has 2 amide bonds. The zero-order chi connectivity index (χ0) is 18.0. The summed E-state index contributed by atoms with van der Waals surface area (Å²) >= 11 is 6.00. The Morgan fingerprint density at radius 2 is 1.80 bits per heavy atom. The van der Waals surface area contributed by atoms with Gasteiger partial charge in [0.25, 0.3) is 11.8 Å². The van der Waals surface area contributed by atoms with Gasteiger partial charge in [-0.25, -0.2) is 0 Å². The number of nitrogens with zero attached hydrogens (tertiary/aromatic N) is 1. The van der Waals surface area contributed by atoms with Crippen LogP contribution in [0, 0.1) is 6.92 Å². The second kappa shape index (κ2) is 7.07. The summed E-state index contributed by atoms with van der Waals surface area (Å²) in [5, 5.41) is 0.519. The van der Waals surface area contributed by atoms with Crippen LogP contribution in [0.25, 0.3) is 0 Å². The molecule has 2 aromatic rings. The summed E-state index contributed by atoms with van der Waals surface area (Å²) in [5.41, 5.74) is 2.36. The lowest BCUT2D eigenvalue weighted by Gasteiger charge is -2.13. The molecule has 5 nitrogen and oxygen atoms in total. The highest BCUT2D eigenvalue weighted by atomic mass is 35.5. The molecule has 0 fully saturated rings. The fourth-order valence-electron chi connectivity index (χ4n) is 2.66. The third kappa shape index (κ3) is 3.56. The van der Waals surface area contributed by atoms with E-state index in [1.165, 1.54) is 0 Å². The van der Waals surface area contributed by atoms with E-state index in [4.69, 9.17) is 16.3 Å². The lowest BCUT2D eigenvalue weighted by molar-refractivity contribution is -0.145. The third-order valence-corrected chi connectivity index (χ3v) is 4.38. The van der Waals surface area contributed by atoms with Crippen LogP contribution in [0.2, 0.25) is 5.02 Å². The Labute approximate surface area is 150 Å². The summed E-state index contributed by atoms with van der Waals surface area (Å²) in [6, 6.07) is 12.2. The fraction of sp³-hybridized carbons (Fsp3) is 0.211. The van der Waals surface area contributed by atoms with Crippen LogP contribution in [0.1, 0.15) is 38.3 Å². The van der Waals surface area contributed by atoms with Crippen molar-refractivity contribution in [2.24, 2.45) is 0 Å². The van der Waals surface area contributed by atoms with Crippen molar-refractivity contribution in [2.45, 2.75) is 20.0 Å². The van der Waals surface area contributed by atoms with Gasteiger partial charge in [-0.2, -0.15) is 0 Å². The number of esters is 1. The van der Waals surface area contributed by atoms with E-state index >= 15 is 0 Å². The monoisotopic (exact) mass is 357 g/mol. The molecule has 0 N–H and O–H groups in total. The summed E-state index contributed by atoms with van der Waals surface area (Å²) < 4.78 is 5.16. The SMILES string of the molecule is Cc1ccc2c(c1)C(=O)N(CCC(=O)OCc1ccccc1Cl)C2=O. The fourth-order valence-corrected chi connectivity index (χ4v) is 2.85. The van der Waals surface area contributed by atoms with Gasteiger partial charge in [0.05, 0.1) is 17.5 Å². The minimum Gasteiger partial charge on any atom is -0.461 e. The highest BCUT2D eigenvalue weighted by molar-refractivity contribution is 6.31. The van der Waals surface area contributed by atoms with Gasteiger partial charge >= 0.3 is 5.97 Å². The van der Waals surface area contributed by atoms with E-state index in [-0.39, 0.29) is 31.4 Å². The van der Waals surface area contributed by atoms with Crippen LogP contribution >= 0.6 is 11.6 Å². The van der Waals surface area contributed by atoms with E-state index in [2.05, 4.69) is 0 Å². The second-order valence-corrected chi connectivity index (χ2v) is 6.22. The molecule has 128 valence electrons. The molecule has 0 saturated carbocycles. The number of hydrogen-bond acceptors (Lipinski definition) is 4. The number of rotatable bonds is 5. The highest BCUT2D eigenvalue weighted by Gasteiger charge is 2.35. The minimum absolute atomic E-state index is 0.00719. The number of fused-ring (bicyclic) bond motifs is 1. The first-order valence-corrected chi connectivity index (χ1v) is 8.21. The Kier molecular flexibility index (Phi) is 4.86. The van der Waals surface area contributed by atoms with E-state index in [0.29, 0.717) is 21.7 Å². The molecule has 0 spiro atoms. The van der Waals surface area contributed by atoms with Crippen molar-refractivity contribution in [1.82, 2.24) is 4.90 Å².